The smallest absolute Gasteiger partial charge is 0.237 e. The van der Waals surface area contributed by atoms with Crippen LogP contribution in [0, 0.1) is 0 Å². The van der Waals surface area contributed by atoms with E-state index in [9.17, 15) is 4.79 Å². The van der Waals surface area contributed by atoms with E-state index in [-0.39, 0.29) is 5.91 Å². The van der Waals surface area contributed by atoms with Crippen molar-refractivity contribution in [3.05, 3.63) is 53.5 Å². The lowest BCUT2D eigenvalue weighted by atomic mass is 9.80. The molecule has 0 fully saturated rings. The van der Waals surface area contributed by atoms with Crippen LogP contribution in [-0.4, -0.2) is 15.9 Å². The first-order chi connectivity index (χ1) is 8.79. The maximum atomic E-state index is 12.3. The fourth-order valence-electron chi connectivity index (χ4n) is 3.06. The Morgan fingerprint density at radius 3 is 2.83 bits per heavy atom. The highest BCUT2D eigenvalue weighted by molar-refractivity contribution is 6.06. The molecule has 1 atom stereocenters. The molecule has 0 radical (unpaired) electrons. The van der Waals surface area contributed by atoms with Gasteiger partial charge in [-0.15, -0.1) is 0 Å². The molecule has 4 rings (SSSR count). The molecule has 4 nitrogen and oxygen atoms in total. The van der Waals surface area contributed by atoms with Crippen molar-refractivity contribution in [1.82, 2.24) is 9.97 Å². The molecular formula is C14H11N3O. The molecule has 1 amide bonds. The van der Waals surface area contributed by atoms with Crippen molar-refractivity contribution >= 4 is 11.7 Å². The number of fused-ring (bicyclic) bond motifs is 3. The highest BCUT2D eigenvalue weighted by Crippen LogP contribution is 2.45. The third kappa shape index (κ3) is 1.07. The predicted molar refractivity (Wildman–Crippen MR) is 66.2 cm³/mol. The standard InChI is InChI=1S/C14H11N3O/c18-13-14(10-4-2-6-16-12(10)17-13)7-9-3-1-5-15-11(9)8-14/h1-6H,7-8H2,(H,16,17,18)/t14-/m0/s1. The van der Waals surface area contributed by atoms with Gasteiger partial charge in [-0.2, -0.15) is 0 Å². The molecule has 0 saturated carbocycles. The average Bonchev–Trinajstić information content (AvgIpc) is 2.90. The summed E-state index contributed by atoms with van der Waals surface area (Å²) in [5, 5.41) is 2.89. The van der Waals surface area contributed by atoms with Crippen molar-refractivity contribution in [2.75, 3.05) is 5.32 Å². The van der Waals surface area contributed by atoms with Crippen molar-refractivity contribution in [2.45, 2.75) is 18.3 Å². The Bertz CT molecular complexity index is 641. The summed E-state index contributed by atoms with van der Waals surface area (Å²) in [5.74, 6) is 0.754. The maximum absolute atomic E-state index is 12.3. The van der Waals surface area contributed by atoms with Crippen LogP contribution in [0.25, 0.3) is 0 Å². The van der Waals surface area contributed by atoms with Gasteiger partial charge in [0.15, 0.2) is 0 Å². The van der Waals surface area contributed by atoms with Crippen LogP contribution in [0.3, 0.4) is 0 Å². The van der Waals surface area contributed by atoms with Crippen molar-refractivity contribution < 1.29 is 4.79 Å². The van der Waals surface area contributed by atoms with Crippen LogP contribution in [0.4, 0.5) is 5.82 Å². The highest BCUT2D eigenvalue weighted by atomic mass is 16.2. The van der Waals surface area contributed by atoms with Crippen molar-refractivity contribution in [2.24, 2.45) is 0 Å². The number of rotatable bonds is 0. The molecule has 3 heterocycles. The van der Waals surface area contributed by atoms with Crippen molar-refractivity contribution in [1.29, 1.82) is 0 Å². The molecule has 2 aromatic rings. The first kappa shape index (κ1) is 9.76. The normalized spacial score (nSPS) is 23.9. The zero-order valence-electron chi connectivity index (χ0n) is 9.68. The first-order valence-electron chi connectivity index (χ1n) is 5.99. The lowest BCUT2D eigenvalue weighted by molar-refractivity contribution is -0.120. The lowest BCUT2D eigenvalue weighted by Gasteiger charge is -2.19. The van der Waals surface area contributed by atoms with Gasteiger partial charge in [-0.25, -0.2) is 4.98 Å². The van der Waals surface area contributed by atoms with Crippen LogP contribution >= 0.6 is 0 Å². The van der Waals surface area contributed by atoms with Crippen LogP contribution in [0.1, 0.15) is 16.8 Å². The van der Waals surface area contributed by atoms with Crippen molar-refractivity contribution in [3.8, 4) is 0 Å². The van der Waals surface area contributed by atoms with E-state index in [2.05, 4.69) is 21.4 Å². The fraction of sp³-hybridized carbons (Fsp3) is 0.214. The van der Waals surface area contributed by atoms with Gasteiger partial charge < -0.3 is 5.32 Å². The van der Waals surface area contributed by atoms with E-state index in [1.54, 1.807) is 12.4 Å². The van der Waals surface area contributed by atoms with E-state index < -0.39 is 5.41 Å². The molecule has 0 aromatic carbocycles. The Morgan fingerprint density at radius 2 is 1.94 bits per heavy atom. The minimum Gasteiger partial charge on any atom is -0.310 e. The summed E-state index contributed by atoms with van der Waals surface area (Å²) in [5.41, 5.74) is 2.72. The van der Waals surface area contributed by atoms with E-state index in [0.29, 0.717) is 12.2 Å². The second-order valence-corrected chi connectivity index (χ2v) is 4.90. The van der Waals surface area contributed by atoms with Crippen molar-refractivity contribution in [3.63, 3.8) is 0 Å². The number of anilines is 1. The summed E-state index contributed by atoms with van der Waals surface area (Å²) in [7, 11) is 0. The quantitative estimate of drug-likeness (QED) is 0.754. The molecule has 2 aromatic heterocycles. The molecular weight excluding hydrogens is 226 g/mol. The Labute approximate surface area is 104 Å². The summed E-state index contributed by atoms with van der Waals surface area (Å²) in [6.07, 6.45) is 4.89. The molecule has 0 bridgehead atoms. The third-order valence-electron chi connectivity index (χ3n) is 3.94. The number of amides is 1. The number of carbonyl (C=O) groups is 1. The molecule has 0 saturated heterocycles. The Balaban J connectivity index is 1.90. The van der Waals surface area contributed by atoms with Crippen LogP contribution in [-0.2, 0) is 23.1 Å². The van der Waals surface area contributed by atoms with E-state index in [0.717, 1.165) is 17.7 Å². The molecule has 1 aliphatic carbocycles. The Hall–Kier alpha value is -2.23. The summed E-state index contributed by atoms with van der Waals surface area (Å²) in [4.78, 5) is 21.0. The van der Waals surface area contributed by atoms with Crippen LogP contribution in [0.5, 0.6) is 0 Å². The SMILES string of the molecule is O=C1Nc2ncccc2[C@@]12Cc1cccnc1C2. The minimum atomic E-state index is -0.486. The second-order valence-electron chi connectivity index (χ2n) is 4.90. The van der Waals surface area contributed by atoms with E-state index >= 15 is 0 Å². The maximum Gasteiger partial charge on any atom is 0.237 e. The lowest BCUT2D eigenvalue weighted by Crippen LogP contribution is -2.35. The minimum absolute atomic E-state index is 0.0502. The van der Waals surface area contributed by atoms with Gasteiger partial charge in [0, 0.05) is 30.1 Å². The van der Waals surface area contributed by atoms with Gasteiger partial charge in [-0.05, 0) is 24.1 Å². The first-order valence-corrected chi connectivity index (χ1v) is 5.99. The van der Waals surface area contributed by atoms with Crippen LogP contribution < -0.4 is 5.32 Å². The third-order valence-corrected chi connectivity index (χ3v) is 3.94. The summed E-state index contributed by atoms with van der Waals surface area (Å²) in [6.45, 7) is 0. The van der Waals surface area contributed by atoms with Gasteiger partial charge in [-0.1, -0.05) is 12.1 Å². The van der Waals surface area contributed by atoms with E-state index in [1.165, 1.54) is 5.56 Å². The molecule has 1 aliphatic heterocycles. The van der Waals surface area contributed by atoms with Gasteiger partial charge in [0.2, 0.25) is 5.91 Å². The van der Waals surface area contributed by atoms with E-state index in [1.807, 2.05) is 18.2 Å². The second kappa shape index (κ2) is 3.16. The number of pyridine rings is 2. The molecule has 2 aliphatic rings. The number of hydrogen-bond acceptors (Lipinski definition) is 3. The van der Waals surface area contributed by atoms with Crippen LogP contribution in [0.2, 0.25) is 0 Å². The number of carbonyl (C=O) groups excluding carboxylic acids is 1. The zero-order valence-corrected chi connectivity index (χ0v) is 9.68. The average molecular weight is 237 g/mol. The molecule has 4 heteroatoms. The van der Waals surface area contributed by atoms with Crippen LogP contribution in [0.15, 0.2) is 36.7 Å². The predicted octanol–water partition coefficient (Wildman–Crippen LogP) is 1.47. The number of hydrogen-bond donors (Lipinski definition) is 1. The van der Waals surface area contributed by atoms with Gasteiger partial charge >= 0.3 is 0 Å². The number of aromatic nitrogens is 2. The number of nitrogens with zero attached hydrogens (tertiary/aromatic N) is 2. The zero-order chi connectivity index (χ0) is 12.2. The monoisotopic (exact) mass is 237 g/mol. The Morgan fingerprint density at radius 1 is 1.11 bits per heavy atom. The summed E-state index contributed by atoms with van der Waals surface area (Å²) < 4.78 is 0. The topological polar surface area (TPSA) is 54.9 Å². The van der Waals surface area contributed by atoms with Gasteiger partial charge in [0.1, 0.15) is 5.82 Å². The molecule has 0 unspecified atom stereocenters. The molecule has 1 N–H and O–H groups in total. The highest BCUT2D eigenvalue weighted by Gasteiger charge is 2.51. The molecule has 88 valence electrons. The van der Waals surface area contributed by atoms with Gasteiger partial charge in [0.05, 0.1) is 5.41 Å². The van der Waals surface area contributed by atoms with E-state index in [4.69, 9.17) is 0 Å². The summed E-state index contributed by atoms with van der Waals surface area (Å²) >= 11 is 0. The summed E-state index contributed by atoms with van der Waals surface area (Å²) in [6, 6.07) is 7.86. The molecule has 18 heavy (non-hydrogen) atoms. The number of nitrogens with one attached hydrogen (secondary N) is 1. The largest absolute Gasteiger partial charge is 0.310 e. The van der Waals surface area contributed by atoms with Gasteiger partial charge in [-0.3, -0.25) is 9.78 Å². The molecule has 1 spiro atoms. The Kier molecular flexibility index (Phi) is 1.71. The fourth-order valence-corrected chi connectivity index (χ4v) is 3.06. The van der Waals surface area contributed by atoms with Gasteiger partial charge in [0.25, 0.3) is 0 Å².